The van der Waals surface area contributed by atoms with Crippen LogP contribution in [0.15, 0.2) is 24.7 Å². The first-order valence-electron chi connectivity index (χ1n) is 10.6. The third-order valence-electron chi connectivity index (χ3n) is 6.47. The lowest BCUT2D eigenvalue weighted by molar-refractivity contribution is -0.192. The van der Waals surface area contributed by atoms with Gasteiger partial charge in [0.05, 0.1) is 23.5 Å². The summed E-state index contributed by atoms with van der Waals surface area (Å²) in [5.74, 6) is -2.25. The van der Waals surface area contributed by atoms with Crippen LogP contribution in [0, 0.1) is 5.41 Å². The van der Waals surface area contributed by atoms with Gasteiger partial charge in [-0.25, -0.2) is 22.5 Å². The van der Waals surface area contributed by atoms with Crippen LogP contribution in [0.25, 0.3) is 5.52 Å². The van der Waals surface area contributed by atoms with Crippen molar-refractivity contribution in [2.24, 2.45) is 5.41 Å². The van der Waals surface area contributed by atoms with E-state index in [1.54, 1.807) is 10.7 Å². The molecule has 0 saturated carbocycles. The molecule has 0 unspecified atom stereocenters. The first kappa shape index (κ1) is 27.0. The number of anilines is 1. The van der Waals surface area contributed by atoms with Crippen molar-refractivity contribution >= 4 is 27.3 Å². The Balaban J connectivity index is 0.000000429. The number of carbonyl (C=O) groups is 1. The van der Waals surface area contributed by atoms with E-state index >= 15 is 0 Å². The largest absolute Gasteiger partial charge is 0.490 e. The fourth-order valence-electron chi connectivity index (χ4n) is 4.42. The van der Waals surface area contributed by atoms with Crippen molar-refractivity contribution in [1.82, 2.24) is 13.7 Å². The maximum absolute atomic E-state index is 13.3. The molecule has 2 aliphatic heterocycles. The molecule has 4 heterocycles. The smallest absolute Gasteiger partial charge is 0.475 e. The van der Waals surface area contributed by atoms with Crippen LogP contribution in [0.5, 0.6) is 0 Å². The third kappa shape index (κ3) is 6.37. The summed E-state index contributed by atoms with van der Waals surface area (Å²) in [6.45, 7) is 2.34. The molecule has 2 saturated heterocycles. The van der Waals surface area contributed by atoms with E-state index in [2.05, 4.69) is 4.98 Å². The average Bonchev–Trinajstić information content (AvgIpc) is 3.21. The van der Waals surface area contributed by atoms with Gasteiger partial charge >= 0.3 is 18.3 Å². The van der Waals surface area contributed by atoms with E-state index in [9.17, 15) is 34.8 Å². The summed E-state index contributed by atoms with van der Waals surface area (Å²) in [7, 11) is -3.17. The maximum Gasteiger partial charge on any atom is 0.490 e. The molecule has 196 valence electrons. The van der Waals surface area contributed by atoms with E-state index in [1.165, 1.54) is 22.8 Å². The number of imidazole rings is 1. The second-order valence-corrected chi connectivity index (χ2v) is 10.7. The van der Waals surface area contributed by atoms with Crippen LogP contribution in [0.1, 0.15) is 31.2 Å². The number of piperidine rings is 2. The van der Waals surface area contributed by atoms with Crippen LogP contribution in [0.3, 0.4) is 0 Å². The van der Waals surface area contributed by atoms with E-state index in [4.69, 9.17) is 9.90 Å². The third-order valence-corrected chi connectivity index (χ3v) is 7.78. The number of aromatic nitrogens is 2. The van der Waals surface area contributed by atoms with Gasteiger partial charge in [0.2, 0.25) is 10.0 Å². The summed E-state index contributed by atoms with van der Waals surface area (Å²) >= 11 is 0. The number of rotatable bonds is 2. The van der Waals surface area contributed by atoms with Gasteiger partial charge in [-0.2, -0.15) is 26.3 Å². The SMILES string of the molecule is CS(=O)(=O)N1CCC2(CCN(c3cc(C(F)(F)F)cc4cncn34)CC2)CC1.O=C(O)C(F)(F)F. The Morgan fingerprint density at radius 2 is 1.51 bits per heavy atom. The Labute approximate surface area is 197 Å². The molecule has 35 heavy (non-hydrogen) atoms. The normalized spacial score (nSPS) is 19.5. The lowest BCUT2D eigenvalue weighted by Crippen LogP contribution is -2.48. The van der Waals surface area contributed by atoms with Gasteiger partial charge in [-0.15, -0.1) is 0 Å². The van der Waals surface area contributed by atoms with E-state index in [0.717, 1.165) is 31.7 Å². The fraction of sp³-hybridized carbons (Fsp3) is 0.600. The molecule has 0 aliphatic carbocycles. The number of pyridine rings is 1. The lowest BCUT2D eigenvalue weighted by Gasteiger charge is -2.46. The highest BCUT2D eigenvalue weighted by Crippen LogP contribution is 2.43. The number of fused-ring (bicyclic) bond motifs is 1. The van der Waals surface area contributed by atoms with Gasteiger partial charge in [0.1, 0.15) is 12.1 Å². The molecule has 1 spiro atoms. The molecule has 8 nitrogen and oxygen atoms in total. The zero-order chi connectivity index (χ0) is 26.2. The molecule has 15 heteroatoms. The van der Waals surface area contributed by atoms with Gasteiger partial charge in [-0.05, 0) is 43.2 Å². The summed E-state index contributed by atoms with van der Waals surface area (Å²) < 4.78 is 98.3. The van der Waals surface area contributed by atoms with Gasteiger partial charge in [-0.1, -0.05) is 0 Å². The second-order valence-electron chi connectivity index (χ2n) is 8.74. The molecule has 0 amide bonds. The highest BCUT2D eigenvalue weighted by molar-refractivity contribution is 7.88. The Morgan fingerprint density at radius 1 is 1.00 bits per heavy atom. The summed E-state index contributed by atoms with van der Waals surface area (Å²) in [4.78, 5) is 14.9. The standard InChI is InChI=1S/C18H23F3N4O2S.C2HF3O2/c1-28(26,27)24-8-4-17(5-9-24)2-6-23(7-3-17)16-11-14(18(19,20)21)10-15-12-22-13-25(15)16;3-2(4,5)1(6)7/h10-13H,2-9H2,1H3;(H,6,7). The van der Waals surface area contributed by atoms with Crippen LogP contribution in [0.2, 0.25) is 0 Å². The molecular weight excluding hydrogens is 506 g/mol. The summed E-state index contributed by atoms with van der Waals surface area (Å²) in [5, 5.41) is 7.12. The monoisotopic (exact) mass is 530 g/mol. The topological polar surface area (TPSA) is 95.2 Å². The second kappa shape index (κ2) is 9.48. The maximum atomic E-state index is 13.3. The minimum Gasteiger partial charge on any atom is -0.475 e. The summed E-state index contributed by atoms with van der Waals surface area (Å²) in [6, 6.07) is 2.31. The predicted molar refractivity (Wildman–Crippen MR) is 113 cm³/mol. The van der Waals surface area contributed by atoms with E-state index in [0.29, 0.717) is 37.5 Å². The van der Waals surface area contributed by atoms with Crippen molar-refractivity contribution in [3.63, 3.8) is 0 Å². The molecular formula is C20H24F6N4O4S. The highest BCUT2D eigenvalue weighted by atomic mass is 32.2. The number of carboxylic acids is 1. The summed E-state index contributed by atoms with van der Waals surface area (Å²) in [6.07, 6.45) is -1.99. The Morgan fingerprint density at radius 3 is 1.97 bits per heavy atom. The van der Waals surface area contributed by atoms with Crippen LogP contribution in [-0.4, -0.2) is 71.8 Å². The summed E-state index contributed by atoms with van der Waals surface area (Å²) in [5.41, 5.74) is -0.170. The van der Waals surface area contributed by atoms with Crippen molar-refractivity contribution in [1.29, 1.82) is 0 Å². The molecule has 1 N–H and O–H groups in total. The number of alkyl halides is 6. The molecule has 0 atom stereocenters. The van der Waals surface area contributed by atoms with E-state index in [1.807, 2.05) is 4.90 Å². The van der Waals surface area contributed by atoms with Gasteiger partial charge < -0.3 is 10.0 Å². The van der Waals surface area contributed by atoms with E-state index in [-0.39, 0.29) is 5.41 Å². The molecule has 0 radical (unpaired) electrons. The molecule has 2 fully saturated rings. The van der Waals surface area contributed by atoms with Crippen LogP contribution >= 0.6 is 0 Å². The van der Waals surface area contributed by atoms with E-state index < -0.39 is 33.9 Å². The van der Waals surface area contributed by atoms with Crippen LogP contribution in [0.4, 0.5) is 32.2 Å². The quantitative estimate of drug-likeness (QED) is 0.596. The number of aliphatic carboxylic acids is 1. The number of hydrogen-bond donors (Lipinski definition) is 1. The Kier molecular flexibility index (Phi) is 7.33. The van der Waals surface area contributed by atoms with Crippen molar-refractivity contribution in [3.8, 4) is 0 Å². The predicted octanol–water partition coefficient (Wildman–Crippen LogP) is 3.63. The van der Waals surface area contributed by atoms with Gasteiger partial charge in [0.15, 0.2) is 0 Å². The first-order chi connectivity index (χ1) is 16.0. The van der Waals surface area contributed by atoms with Crippen molar-refractivity contribution < 1.29 is 44.7 Å². The zero-order valence-corrected chi connectivity index (χ0v) is 19.4. The van der Waals surface area contributed by atoms with Crippen molar-refractivity contribution in [2.45, 2.75) is 38.0 Å². The van der Waals surface area contributed by atoms with Crippen LogP contribution in [-0.2, 0) is 21.0 Å². The van der Waals surface area contributed by atoms with Gasteiger partial charge in [0, 0.05) is 26.2 Å². The molecule has 0 aromatic carbocycles. The molecule has 2 aliphatic rings. The average molecular weight is 530 g/mol. The Bertz CT molecular complexity index is 1160. The molecule has 0 bridgehead atoms. The minimum absolute atomic E-state index is 0.0768. The number of carboxylic acid groups (broad SMARTS) is 1. The van der Waals surface area contributed by atoms with Crippen molar-refractivity contribution in [2.75, 3.05) is 37.3 Å². The lowest BCUT2D eigenvalue weighted by atomic mass is 9.71. The highest BCUT2D eigenvalue weighted by Gasteiger charge is 2.40. The number of hydrogen-bond acceptors (Lipinski definition) is 5. The fourth-order valence-corrected chi connectivity index (χ4v) is 5.27. The Hall–Kier alpha value is -2.55. The molecule has 2 aromatic heterocycles. The zero-order valence-electron chi connectivity index (χ0n) is 18.6. The van der Waals surface area contributed by atoms with Crippen molar-refractivity contribution in [3.05, 3.63) is 30.2 Å². The number of sulfonamides is 1. The first-order valence-corrected chi connectivity index (χ1v) is 12.4. The number of halogens is 6. The molecule has 2 aromatic rings. The molecule has 4 rings (SSSR count). The van der Waals surface area contributed by atoms with Gasteiger partial charge in [-0.3, -0.25) is 4.40 Å². The minimum atomic E-state index is -5.08. The van der Waals surface area contributed by atoms with Crippen LogP contribution < -0.4 is 4.90 Å². The van der Waals surface area contributed by atoms with Gasteiger partial charge in [0.25, 0.3) is 0 Å². The number of nitrogens with zero attached hydrogens (tertiary/aromatic N) is 4.